The lowest BCUT2D eigenvalue weighted by atomic mass is 9.82. The Morgan fingerprint density at radius 1 is 1.24 bits per heavy atom. The van der Waals surface area contributed by atoms with Gasteiger partial charge in [-0.1, -0.05) is 0 Å². The van der Waals surface area contributed by atoms with Gasteiger partial charge in [-0.25, -0.2) is 0 Å². The van der Waals surface area contributed by atoms with Gasteiger partial charge in [0, 0.05) is 18.3 Å². The lowest BCUT2D eigenvalue weighted by molar-refractivity contribution is 0.0941. The van der Waals surface area contributed by atoms with E-state index in [1.54, 1.807) is 6.07 Å². The molecule has 0 bridgehead atoms. The van der Waals surface area contributed by atoms with Crippen molar-refractivity contribution in [2.24, 2.45) is 23.3 Å². The van der Waals surface area contributed by atoms with E-state index < -0.39 is 5.91 Å². The van der Waals surface area contributed by atoms with E-state index in [2.05, 4.69) is 10.3 Å². The topological polar surface area (TPSA) is 111 Å². The van der Waals surface area contributed by atoms with Crippen LogP contribution in [0.5, 0.6) is 0 Å². The van der Waals surface area contributed by atoms with Crippen molar-refractivity contribution < 1.29 is 9.59 Å². The Kier molecular flexibility index (Phi) is 5.27. The van der Waals surface area contributed by atoms with Gasteiger partial charge >= 0.3 is 0 Å². The van der Waals surface area contributed by atoms with E-state index in [0.717, 1.165) is 32.2 Å². The summed E-state index contributed by atoms with van der Waals surface area (Å²) < 4.78 is 0. The highest BCUT2D eigenvalue weighted by molar-refractivity contribution is 5.97. The zero-order valence-electron chi connectivity index (χ0n) is 12.0. The summed E-state index contributed by atoms with van der Waals surface area (Å²) in [5.74, 6) is 0.315. The number of carbonyl (C=O) groups excluding carboxylic acids is 2. The molecule has 2 amide bonds. The summed E-state index contributed by atoms with van der Waals surface area (Å²) in [5, 5.41) is 2.92. The number of nitrogens with zero attached hydrogens (tertiary/aromatic N) is 1. The molecule has 0 spiro atoms. The Morgan fingerprint density at radius 2 is 1.90 bits per heavy atom. The summed E-state index contributed by atoms with van der Waals surface area (Å²) in [7, 11) is 0. The molecule has 21 heavy (non-hydrogen) atoms. The molecule has 5 N–H and O–H groups in total. The Bertz CT molecular complexity index is 510. The minimum Gasteiger partial charge on any atom is -0.364 e. The van der Waals surface area contributed by atoms with Crippen LogP contribution in [-0.2, 0) is 0 Å². The van der Waals surface area contributed by atoms with Crippen molar-refractivity contribution in [2.75, 3.05) is 13.1 Å². The van der Waals surface area contributed by atoms with Crippen LogP contribution in [0.3, 0.4) is 0 Å². The normalized spacial score (nSPS) is 21.8. The number of aromatic nitrogens is 1. The molecule has 6 heteroatoms. The lowest BCUT2D eigenvalue weighted by Gasteiger charge is -2.27. The standard InChI is InChI=1S/C15H22N4O2/c16-8-10-1-3-11(4-2-10)9-19-15(21)12-5-6-18-13(7-12)14(17)20/h5-7,10-11H,1-4,8-9,16H2,(H2,17,20)(H,19,21). The van der Waals surface area contributed by atoms with Gasteiger partial charge in [-0.15, -0.1) is 0 Å². The predicted molar refractivity (Wildman–Crippen MR) is 79.6 cm³/mol. The van der Waals surface area contributed by atoms with Crippen LogP contribution in [0.25, 0.3) is 0 Å². The van der Waals surface area contributed by atoms with Crippen LogP contribution in [0.1, 0.15) is 46.5 Å². The first-order valence-corrected chi connectivity index (χ1v) is 7.34. The second-order valence-electron chi connectivity index (χ2n) is 5.63. The molecule has 0 radical (unpaired) electrons. The molecule has 6 nitrogen and oxygen atoms in total. The molecule has 0 unspecified atom stereocenters. The lowest BCUT2D eigenvalue weighted by Crippen LogP contribution is -2.32. The number of hydrogen-bond donors (Lipinski definition) is 3. The average molecular weight is 290 g/mol. The van der Waals surface area contributed by atoms with Crippen LogP contribution < -0.4 is 16.8 Å². The average Bonchev–Trinajstić information content (AvgIpc) is 2.53. The van der Waals surface area contributed by atoms with Crippen molar-refractivity contribution in [1.29, 1.82) is 0 Å². The molecule has 2 rings (SSSR count). The molecular formula is C15H22N4O2. The Balaban J connectivity index is 1.85. The smallest absolute Gasteiger partial charge is 0.267 e. The van der Waals surface area contributed by atoms with Crippen molar-refractivity contribution in [3.8, 4) is 0 Å². The SMILES string of the molecule is NCC1CCC(CNC(=O)c2ccnc(C(N)=O)c2)CC1. The molecule has 0 atom stereocenters. The first-order valence-electron chi connectivity index (χ1n) is 7.34. The van der Waals surface area contributed by atoms with E-state index in [4.69, 9.17) is 11.5 Å². The summed E-state index contributed by atoms with van der Waals surface area (Å²) in [5.41, 5.74) is 11.3. The van der Waals surface area contributed by atoms with Gasteiger partial charge in [-0.05, 0) is 56.2 Å². The molecule has 114 valence electrons. The predicted octanol–water partition coefficient (Wildman–Crippen LogP) is 0.675. The van der Waals surface area contributed by atoms with Crippen LogP contribution in [0.4, 0.5) is 0 Å². The van der Waals surface area contributed by atoms with Crippen LogP contribution in [-0.4, -0.2) is 29.9 Å². The fraction of sp³-hybridized carbons (Fsp3) is 0.533. The van der Waals surface area contributed by atoms with Gasteiger partial charge in [0.15, 0.2) is 0 Å². The third-order valence-corrected chi connectivity index (χ3v) is 4.13. The van der Waals surface area contributed by atoms with E-state index in [1.807, 2.05) is 0 Å². The summed E-state index contributed by atoms with van der Waals surface area (Å²) in [6.07, 6.45) is 5.90. The minimum atomic E-state index is -0.634. The fourth-order valence-electron chi connectivity index (χ4n) is 2.72. The fourth-order valence-corrected chi connectivity index (χ4v) is 2.72. The van der Waals surface area contributed by atoms with Gasteiger partial charge in [0.2, 0.25) is 0 Å². The minimum absolute atomic E-state index is 0.103. The summed E-state index contributed by atoms with van der Waals surface area (Å²) in [4.78, 5) is 27.0. The zero-order valence-corrected chi connectivity index (χ0v) is 12.0. The van der Waals surface area contributed by atoms with Crippen LogP contribution >= 0.6 is 0 Å². The molecule has 1 heterocycles. The van der Waals surface area contributed by atoms with E-state index in [9.17, 15) is 9.59 Å². The first-order chi connectivity index (χ1) is 10.1. The number of nitrogens with two attached hydrogens (primary N) is 2. The number of pyridine rings is 1. The number of hydrogen-bond acceptors (Lipinski definition) is 4. The van der Waals surface area contributed by atoms with Gasteiger partial charge in [0.25, 0.3) is 11.8 Å². The third kappa shape index (κ3) is 4.26. The molecule has 1 saturated carbocycles. The van der Waals surface area contributed by atoms with Crippen molar-refractivity contribution >= 4 is 11.8 Å². The van der Waals surface area contributed by atoms with Gasteiger partial charge in [0.1, 0.15) is 5.69 Å². The van der Waals surface area contributed by atoms with Crippen LogP contribution in [0, 0.1) is 11.8 Å². The van der Waals surface area contributed by atoms with Crippen LogP contribution in [0.2, 0.25) is 0 Å². The maximum atomic E-state index is 12.1. The quantitative estimate of drug-likeness (QED) is 0.740. The highest BCUT2D eigenvalue weighted by atomic mass is 16.2. The van der Waals surface area contributed by atoms with Gasteiger partial charge < -0.3 is 16.8 Å². The van der Waals surface area contributed by atoms with Crippen LogP contribution in [0.15, 0.2) is 18.3 Å². The molecule has 1 aromatic heterocycles. The number of nitrogens with one attached hydrogen (secondary N) is 1. The van der Waals surface area contributed by atoms with Gasteiger partial charge in [0.05, 0.1) is 0 Å². The van der Waals surface area contributed by atoms with E-state index in [0.29, 0.717) is 23.9 Å². The maximum Gasteiger partial charge on any atom is 0.267 e. The Labute approximate surface area is 124 Å². The van der Waals surface area contributed by atoms with Crippen molar-refractivity contribution in [2.45, 2.75) is 25.7 Å². The number of primary amides is 1. The summed E-state index contributed by atoms with van der Waals surface area (Å²) in [6, 6.07) is 3.00. The molecule has 1 aliphatic carbocycles. The highest BCUT2D eigenvalue weighted by Gasteiger charge is 2.20. The van der Waals surface area contributed by atoms with Crippen molar-refractivity contribution in [3.63, 3.8) is 0 Å². The molecule has 0 aromatic carbocycles. The van der Waals surface area contributed by atoms with Crippen molar-refractivity contribution in [3.05, 3.63) is 29.6 Å². The number of carbonyl (C=O) groups is 2. The Hall–Kier alpha value is -1.95. The highest BCUT2D eigenvalue weighted by Crippen LogP contribution is 2.27. The third-order valence-electron chi connectivity index (χ3n) is 4.13. The number of rotatable bonds is 5. The molecule has 1 aromatic rings. The summed E-state index contributed by atoms with van der Waals surface area (Å²) >= 11 is 0. The second-order valence-corrected chi connectivity index (χ2v) is 5.63. The van der Waals surface area contributed by atoms with Gasteiger partial charge in [-0.2, -0.15) is 0 Å². The molecule has 0 saturated heterocycles. The van der Waals surface area contributed by atoms with E-state index >= 15 is 0 Å². The second kappa shape index (κ2) is 7.17. The Morgan fingerprint density at radius 3 is 2.52 bits per heavy atom. The van der Waals surface area contributed by atoms with Crippen molar-refractivity contribution in [1.82, 2.24) is 10.3 Å². The molecular weight excluding hydrogens is 268 g/mol. The van der Waals surface area contributed by atoms with Gasteiger partial charge in [-0.3, -0.25) is 14.6 Å². The number of amides is 2. The molecule has 0 aliphatic heterocycles. The molecule has 1 fully saturated rings. The zero-order chi connectivity index (χ0) is 15.2. The van der Waals surface area contributed by atoms with E-state index in [1.165, 1.54) is 12.3 Å². The maximum absolute atomic E-state index is 12.1. The largest absolute Gasteiger partial charge is 0.364 e. The molecule has 1 aliphatic rings. The van der Waals surface area contributed by atoms with E-state index in [-0.39, 0.29) is 11.6 Å². The monoisotopic (exact) mass is 290 g/mol. The first kappa shape index (κ1) is 15.4. The summed E-state index contributed by atoms with van der Waals surface area (Å²) in [6.45, 7) is 1.41.